The fourth-order valence-corrected chi connectivity index (χ4v) is 5.51. The zero-order valence-corrected chi connectivity index (χ0v) is 20.0. The lowest BCUT2D eigenvalue weighted by molar-refractivity contribution is -0.149. The molecule has 0 spiro atoms. The molecule has 2 aromatic carbocycles. The number of rotatable bonds is 7. The van der Waals surface area contributed by atoms with E-state index in [0.29, 0.717) is 36.8 Å². The van der Waals surface area contributed by atoms with Gasteiger partial charge in [0.05, 0.1) is 5.56 Å². The maximum atomic E-state index is 14.9. The van der Waals surface area contributed by atoms with E-state index in [-0.39, 0.29) is 19.6 Å². The fraction of sp³-hybridized carbons (Fsp3) is 0.296. The Labute approximate surface area is 206 Å². The number of fused-ring (bicyclic) bond motifs is 1. The molecule has 1 aromatic heterocycles. The molecule has 1 saturated heterocycles. The Balaban J connectivity index is 1.25. The zero-order valence-electron chi connectivity index (χ0n) is 19.2. The normalized spacial score (nSPS) is 19.7. The first-order valence-electron chi connectivity index (χ1n) is 11.4. The van der Waals surface area contributed by atoms with E-state index >= 15 is 0 Å². The van der Waals surface area contributed by atoms with Crippen LogP contribution in [0.15, 0.2) is 54.1 Å². The molecule has 0 amide bonds. The Morgan fingerprint density at radius 1 is 1.26 bits per heavy atom. The summed E-state index contributed by atoms with van der Waals surface area (Å²) in [5.74, 6) is -1.13. The Hall–Kier alpha value is -3.23. The quantitative estimate of drug-likeness (QED) is 0.453. The summed E-state index contributed by atoms with van der Waals surface area (Å²) < 4.78 is 40.9. The maximum absolute atomic E-state index is 14.9. The van der Waals surface area contributed by atoms with Crippen molar-refractivity contribution in [2.45, 2.75) is 25.6 Å². The molecule has 5 nitrogen and oxygen atoms in total. The predicted molar refractivity (Wildman–Crippen MR) is 131 cm³/mol. The number of ether oxygens (including phenoxy) is 2. The van der Waals surface area contributed by atoms with Crippen LogP contribution in [-0.4, -0.2) is 47.9 Å². The molecule has 3 heterocycles. The van der Waals surface area contributed by atoms with E-state index in [0.717, 1.165) is 21.6 Å². The van der Waals surface area contributed by atoms with Crippen LogP contribution in [0.25, 0.3) is 17.2 Å². The number of halogens is 2. The van der Waals surface area contributed by atoms with Crippen LogP contribution in [0.2, 0.25) is 0 Å². The molecule has 2 aliphatic heterocycles. The first kappa shape index (κ1) is 23.5. The maximum Gasteiger partial charge on any atom is 0.342 e. The van der Waals surface area contributed by atoms with Crippen LogP contribution in [0.3, 0.4) is 0 Å². The van der Waals surface area contributed by atoms with Crippen LogP contribution in [0, 0.1) is 12.7 Å². The topological polar surface area (TPSA) is 59.0 Å². The second kappa shape index (κ2) is 9.43. The van der Waals surface area contributed by atoms with Crippen LogP contribution in [0.1, 0.15) is 21.7 Å². The Kier molecular flexibility index (Phi) is 6.34. The van der Waals surface area contributed by atoms with Crippen molar-refractivity contribution >= 4 is 23.4 Å². The van der Waals surface area contributed by atoms with Gasteiger partial charge in [0.25, 0.3) is 0 Å². The van der Waals surface area contributed by atoms with Crippen LogP contribution >= 0.6 is 11.3 Å². The number of thiophene rings is 1. The van der Waals surface area contributed by atoms with Crippen LogP contribution < -0.4 is 9.47 Å². The first-order chi connectivity index (χ1) is 16.8. The molecular weight excluding hydrogens is 472 g/mol. The van der Waals surface area contributed by atoms with Crippen molar-refractivity contribution in [3.05, 3.63) is 75.2 Å². The van der Waals surface area contributed by atoms with Crippen molar-refractivity contribution in [2.75, 3.05) is 26.2 Å². The largest absolute Gasteiger partial charge is 0.488 e. The van der Waals surface area contributed by atoms with E-state index in [1.165, 1.54) is 10.9 Å². The summed E-state index contributed by atoms with van der Waals surface area (Å²) in [5, 5.41) is 9.07. The van der Waals surface area contributed by atoms with Gasteiger partial charge >= 0.3 is 5.97 Å². The molecule has 35 heavy (non-hydrogen) atoms. The van der Waals surface area contributed by atoms with Gasteiger partial charge in [-0.15, -0.1) is 11.3 Å². The Bertz CT molecular complexity index is 1290. The summed E-state index contributed by atoms with van der Waals surface area (Å²) in [6, 6.07) is 15.3. The number of aliphatic carboxylic acids is 1. The van der Waals surface area contributed by atoms with Crippen molar-refractivity contribution in [2.24, 2.45) is 0 Å². The first-order valence-corrected chi connectivity index (χ1v) is 12.2. The number of hydrogen-bond donors (Lipinski definition) is 1. The standard InChI is InChI=1S/C27H25F2NO4S/c1-17-22(19-5-3-2-4-6-19)12-21(35-17)15-33-20-10-24(28)23-9-18(14-34-25(23)11-20)13-30-8-7-27(29,16-30)26(31)32/h2-6,9-12H,7-8,13-16H2,1H3,(H,31,32). The molecule has 1 N–H and O–H groups in total. The molecular formula is C27H25F2NO4S. The molecule has 8 heteroatoms. The van der Waals surface area contributed by atoms with Gasteiger partial charge < -0.3 is 14.6 Å². The highest BCUT2D eigenvalue weighted by atomic mass is 32.1. The van der Waals surface area contributed by atoms with Crippen LogP contribution in [0.4, 0.5) is 8.78 Å². The minimum Gasteiger partial charge on any atom is -0.488 e. The molecule has 1 atom stereocenters. The van der Waals surface area contributed by atoms with E-state index in [9.17, 15) is 13.6 Å². The average molecular weight is 498 g/mol. The fourth-order valence-electron chi connectivity index (χ4n) is 4.54. The second-order valence-corrected chi connectivity index (χ2v) is 10.3. The van der Waals surface area contributed by atoms with Gasteiger partial charge in [-0.2, -0.15) is 0 Å². The summed E-state index contributed by atoms with van der Waals surface area (Å²) in [5.41, 5.74) is 1.17. The smallest absolute Gasteiger partial charge is 0.342 e. The monoisotopic (exact) mass is 497 g/mol. The van der Waals surface area contributed by atoms with Gasteiger partial charge in [-0.3, -0.25) is 4.90 Å². The lowest BCUT2D eigenvalue weighted by Crippen LogP contribution is -2.37. The number of nitrogens with zero attached hydrogens (tertiary/aromatic N) is 1. The van der Waals surface area contributed by atoms with Gasteiger partial charge in [0.2, 0.25) is 5.67 Å². The van der Waals surface area contributed by atoms with Crippen LogP contribution in [0.5, 0.6) is 11.5 Å². The SMILES string of the molecule is Cc1sc(COc2cc(F)c3c(c2)OCC(CN2CCC(F)(C(=O)O)C2)=C3)cc1-c1ccccc1. The second-order valence-electron chi connectivity index (χ2n) is 8.98. The van der Waals surface area contributed by atoms with Gasteiger partial charge in [-0.1, -0.05) is 30.3 Å². The highest BCUT2D eigenvalue weighted by Gasteiger charge is 2.45. The minimum atomic E-state index is -2.23. The van der Waals surface area contributed by atoms with E-state index in [4.69, 9.17) is 14.6 Å². The van der Waals surface area contributed by atoms with Crippen LogP contribution in [-0.2, 0) is 11.4 Å². The number of aryl methyl sites for hydroxylation is 1. The summed E-state index contributed by atoms with van der Waals surface area (Å²) in [7, 11) is 0. The molecule has 182 valence electrons. The van der Waals surface area contributed by atoms with Crippen molar-refractivity contribution in [3.8, 4) is 22.6 Å². The number of carboxylic acids is 1. The Morgan fingerprint density at radius 3 is 2.80 bits per heavy atom. The summed E-state index contributed by atoms with van der Waals surface area (Å²) in [4.78, 5) is 15.1. The van der Waals surface area contributed by atoms with Gasteiger partial charge in [-0.05, 0) is 35.8 Å². The predicted octanol–water partition coefficient (Wildman–Crippen LogP) is 5.72. The third-order valence-electron chi connectivity index (χ3n) is 6.37. The highest BCUT2D eigenvalue weighted by Crippen LogP contribution is 2.36. The molecule has 1 unspecified atom stereocenters. The number of alkyl halides is 1. The lowest BCUT2D eigenvalue weighted by atomic mass is 10.1. The van der Waals surface area contributed by atoms with Crippen molar-refractivity contribution in [1.29, 1.82) is 0 Å². The number of carbonyl (C=O) groups is 1. The van der Waals surface area contributed by atoms with Gasteiger partial charge in [0.1, 0.15) is 30.5 Å². The number of likely N-dealkylation sites (tertiary alicyclic amines) is 1. The Morgan fingerprint density at radius 2 is 2.06 bits per heavy atom. The van der Waals surface area contributed by atoms with Gasteiger partial charge in [0, 0.05) is 47.9 Å². The molecule has 0 bridgehead atoms. The zero-order chi connectivity index (χ0) is 24.6. The van der Waals surface area contributed by atoms with Crippen molar-refractivity contribution in [3.63, 3.8) is 0 Å². The van der Waals surface area contributed by atoms with Gasteiger partial charge in [-0.25, -0.2) is 13.6 Å². The highest BCUT2D eigenvalue weighted by molar-refractivity contribution is 7.12. The molecule has 5 rings (SSSR count). The van der Waals surface area contributed by atoms with E-state index in [2.05, 4.69) is 25.1 Å². The van der Waals surface area contributed by atoms with Crippen molar-refractivity contribution in [1.82, 2.24) is 4.90 Å². The molecule has 3 aromatic rings. The molecule has 2 aliphatic rings. The number of hydrogen-bond acceptors (Lipinski definition) is 5. The van der Waals surface area contributed by atoms with Crippen molar-refractivity contribution < 1.29 is 28.2 Å². The third-order valence-corrected chi connectivity index (χ3v) is 7.39. The summed E-state index contributed by atoms with van der Waals surface area (Å²) >= 11 is 1.65. The lowest BCUT2D eigenvalue weighted by Gasteiger charge is -2.23. The van der Waals surface area contributed by atoms with Gasteiger partial charge in [0.15, 0.2) is 0 Å². The summed E-state index contributed by atoms with van der Waals surface area (Å²) in [6.07, 6.45) is 1.64. The average Bonchev–Trinajstić information content (AvgIpc) is 3.41. The number of benzene rings is 2. The minimum absolute atomic E-state index is 0.0568. The van der Waals surface area contributed by atoms with E-state index < -0.39 is 17.5 Å². The molecule has 0 aliphatic carbocycles. The molecule has 0 radical (unpaired) electrons. The molecule has 1 fully saturated rings. The number of carboxylic acid groups (broad SMARTS) is 1. The third kappa shape index (κ3) is 4.94. The summed E-state index contributed by atoms with van der Waals surface area (Å²) in [6.45, 7) is 3.10. The van der Waals surface area contributed by atoms with E-state index in [1.54, 1.807) is 28.4 Å². The molecule has 0 saturated carbocycles. The van der Waals surface area contributed by atoms with E-state index in [1.807, 2.05) is 18.2 Å².